The van der Waals surface area contributed by atoms with Gasteiger partial charge < -0.3 is 5.11 Å². The van der Waals surface area contributed by atoms with E-state index in [-0.39, 0.29) is 12.2 Å². The molecule has 0 saturated carbocycles. The summed E-state index contributed by atoms with van der Waals surface area (Å²) in [6, 6.07) is 0. The summed E-state index contributed by atoms with van der Waals surface area (Å²) in [6.07, 6.45) is 20.2. The van der Waals surface area contributed by atoms with Gasteiger partial charge in [0, 0.05) is 12.8 Å². The van der Waals surface area contributed by atoms with Gasteiger partial charge in [0.25, 0.3) is 0 Å². The Hall–Kier alpha value is -0.370. The number of Topliss-reactive ketones (excluding diaryl/α,β-unsaturated/α-hetero) is 1. The third-order valence-electron chi connectivity index (χ3n) is 4.52. The first kappa shape index (κ1) is 22.6. The lowest BCUT2D eigenvalue weighted by atomic mass is 10.0. The van der Waals surface area contributed by atoms with Crippen molar-refractivity contribution in [2.75, 3.05) is 0 Å². The number of carbonyl (C=O) groups is 1. The largest absolute Gasteiger partial charge is 0.393 e. The second-order valence-electron chi connectivity index (χ2n) is 7.10. The van der Waals surface area contributed by atoms with Crippen LogP contribution < -0.4 is 0 Å². The van der Waals surface area contributed by atoms with E-state index in [4.69, 9.17) is 5.11 Å². The van der Waals surface area contributed by atoms with Gasteiger partial charge in [-0.3, -0.25) is 4.79 Å². The number of hydrogen-bond donors (Lipinski definition) is 1. The molecule has 0 aliphatic rings. The van der Waals surface area contributed by atoms with E-state index in [1.54, 1.807) is 0 Å². The van der Waals surface area contributed by atoms with E-state index in [0.717, 1.165) is 12.8 Å². The molecular weight excluding hydrogens is 284 g/mol. The Bertz CT molecular complexity index is 248. The van der Waals surface area contributed by atoms with Crippen molar-refractivity contribution < 1.29 is 9.90 Å². The minimum atomic E-state index is -0.723. The van der Waals surface area contributed by atoms with E-state index in [9.17, 15) is 4.79 Å². The van der Waals surface area contributed by atoms with Gasteiger partial charge >= 0.3 is 0 Å². The molecule has 0 rings (SSSR count). The van der Waals surface area contributed by atoms with Crippen LogP contribution in [0.4, 0.5) is 0 Å². The van der Waals surface area contributed by atoms with Gasteiger partial charge in [-0.05, 0) is 13.3 Å². The first-order chi connectivity index (χ1) is 11.2. The molecule has 0 heterocycles. The third kappa shape index (κ3) is 19.6. The summed E-state index contributed by atoms with van der Waals surface area (Å²) < 4.78 is 0. The van der Waals surface area contributed by atoms with Crippen molar-refractivity contribution >= 4 is 5.78 Å². The van der Waals surface area contributed by atoms with Crippen LogP contribution in [0.1, 0.15) is 116 Å². The van der Waals surface area contributed by atoms with E-state index < -0.39 is 6.10 Å². The summed E-state index contributed by atoms with van der Waals surface area (Å²) >= 11 is 0. The van der Waals surface area contributed by atoms with Crippen molar-refractivity contribution in [1.29, 1.82) is 0 Å². The number of ketones is 1. The van der Waals surface area contributed by atoms with E-state index in [2.05, 4.69) is 13.8 Å². The monoisotopic (exact) mass is 325 g/mol. The molecule has 1 unspecified atom stereocenters. The summed E-state index contributed by atoms with van der Waals surface area (Å²) in [7, 11) is 0. The van der Waals surface area contributed by atoms with Gasteiger partial charge in [-0.2, -0.15) is 0 Å². The van der Waals surface area contributed by atoms with Crippen LogP contribution in [0.5, 0.6) is 0 Å². The molecule has 0 amide bonds. The van der Waals surface area contributed by atoms with E-state index in [1.165, 1.54) is 83.5 Å². The zero-order chi connectivity index (χ0) is 17.2. The van der Waals surface area contributed by atoms with Crippen molar-refractivity contribution in [3.05, 3.63) is 6.92 Å². The van der Waals surface area contributed by atoms with Gasteiger partial charge in [-0.15, -0.1) is 0 Å². The van der Waals surface area contributed by atoms with Gasteiger partial charge in [-0.25, -0.2) is 0 Å². The fourth-order valence-electron chi connectivity index (χ4n) is 3.06. The normalized spacial score (nSPS) is 12.5. The Kier molecular flexibility index (Phi) is 17.7. The van der Waals surface area contributed by atoms with E-state index >= 15 is 0 Å². The molecule has 0 bridgehead atoms. The molecular formula is C21H41O2. The molecule has 2 heteroatoms. The Morgan fingerprint density at radius 3 is 1.43 bits per heavy atom. The Morgan fingerprint density at radius 1 is 0.739 bits per heavy atom. The molecule has 0 spiro atoms. The predicted molar refractivity (Wildman–Crippen MR) is 101 cm³/mol. The Labute approximate surface area is 145 Å². The van der Waals surface area contributed by atoms with Crippen LogP contribution in [0, 0.1) is 6.92 Å². The molecule has 0 aromatic heterocycles. The van der Waals surface area contributed by atoms with Crippen LogP contribution >= 0.6 is 0 Å². The molecule has 0 saturated heterocycles. The van der Waals surface area contributed by atoms with Crippen molar-refractivity contribution in [3.63, 3.8) is 0 Å². The number of aliphatic hydroxyl groups is 1. The third-order valence-corrected chi connectivity index (χ3v) is 4.52. The molecule has 23 heavy (non-hydrogen) atoms. The SMILES string of the molecule is [CH2]C(O)CC(=O)CCCCCCCCCCCCCCCCC. The van der Waals surface area contributed by atoms with Crippen LogP contribution in [-0.4, -0.2) is 17.0 Å². The number of unbranched alkanes of at least 4 members (excludes halogenated alkanes) is 14. The van der Waals surface area contributed by atoms with Gasteiger partial charge in [0.05, 0.1) is 6.10 Å². The van der Waals surface area contributed by atoms with Gasteiger partial charge in [0.2, 0.25) is 0 Å². The fraction of sp³-hybridized carbons (Fsp3) is 0.905. The van der Waals surface area contributed by atoms with Crippen molar-refractivity contribution in [1.82, 2.24) is 0 Å². The number of rotatable bonds is 18. The summed E-state index contributed by atoms with van der Waals surface area (Å²) in [6.45, 7) is 5.71. The maximum Gasteiger partial charge on any atom is 0.135 e. The predicted octanol–water partition coefficient (Wildman–Crippen LogP) is 6.40. The molecule has 0 aliphatic carbocycles. The highest BCUT2D eigenvalue weighted by Crippen LogP contribution is 2.14. The lowest BCUT2D eigenvalue weighted by Crippen LogP contribution is -2.09. The van der Waals surface area contributed by atoms with Crippen molar-refractivity contribution in [3.8, 4) is 0 Å². The lowest BCUT2D eigenvalue weighted by Gasteiger charge is -2.04. The van der Waals surface area contributed by atoms with Crippen molar-refractivity contribution in [2.45, 2.75) is 122 Å². The van der Waals surface area contributed by atoms with Crippen LogP contribution in [-0.2, 0) is 4.79 Å². The average molecular weight is 326 g/mol. The molecule has 0 aromatic rings. The standard InChI is InChI=1S/C21H41O2/c1-3-4-5-6-7-8-9-10-11-12-13-14-15-16-17-18-21(23)19-20(2)22/h20,22H,2-19H2,1H3. The summed E-state index contributed by atoms with van der Waals surface area (Å²) in [5.41, 5.74) is 0. The molecule has 137 valence electrons. The smallest absolute Gasteiger partial charge is 0.135 e. The fourth-order valence-corrected chi connectivity index (χ4v) is 3.06. The van der Waals surface area contributed by atoms with Crippen LogP contribution in [0.2, 0.25) is 0 Å². The molecule has 2 nitrogen and oxygen atoms in total. The molecule has 1 atom stereocenters. The van der Waals surface area contributed by atoms with Crippen LogP contribution in [0.15, 0.2) is 0 Å². The minimum absolute atomic E-state index is 0.155. The second kappa shape index (κ2) is 18.0. The van der Waals surface area contributed by atoms with Gasteiger partial charge in [0.15, 0.2) is 0 Å². The zero-order valence-corrected chi connectivity index (χ0v) is 15.7. The highest BCUT2D eigenvalue weighted by atomic mass is 16.3. The first-order valence-electron chi connectivity index (χ1n) is 10.2. The summed E-state index contributed by atoms with van der Waals surface area (Å²) in [5, 5.41) is 9.02. The molecule has 0 fully saturated rings. The highest BCUT2D eigenvalue weighted by Gasteiger charge is 2.05. The zero-order valence-electron chi connectivity index (χ0n) is 15.7. The second-order valence-corrected chi connectivity index (χ2v) is 7.10. The number of hydrogen-bond acceptors (Lipinski definition) is 2. The highest BCUT2D eigenvalue weighted by molar-refractivity contribution is 5.78. The van der Waals surface area contributed by atoms with E-state index in [1.807, 2.05) is 0 Å². The van der Waals surface area contributed by atoms with Gasteiger partial charge in [0.1, 0.15) is 5.78 Å². The average Bonchev–Trinajstić information content (AvgIpc) is 2.50. The maximum atomic E-state index is 11.4. The van der Waals surface area contributed by atoms with Crippen LogP contribution in [0.25, 0.3) is 0 Å². The molecule has 0 aromatic carbocycles. The number of aliphatic hydroxyl groups excluding tert-OH is 1. The maximum absolute atomic E-state index is 11.4. The quantitative estimate of drug-likeness (QED) is 0.296. The Morgan fingerprint density at radius 2 is 1.09 bits per heavy atom. The lowest BCUT2D eigenvalue weighted by molar-refractivity contribution is -0.120. The number of carbonyl (C=O) groups excluding carboxylic acids is 1. The van der Waals surface area contributed by atoms with Crippen LogP contribution in [0.3, 0.4) is 0 Å². The minimum Gasteiger partial charge on any atom is -0.393 e. The topological polar surface area (TPSA) is 37.3 Å². The molecule has 0 aliphatic heterocycles. The first-order valence-corrected chi connectivity index (χ1v) is 10.2. The summed E-state index contributed by atoms with van der Waals surface area (Å²) in [4.78, 5) is 11.4. The summed E-state index contributed by atoms with van der Waals surface area (Å²) in [5.74, 6) is 0.155. The van der Waals surface area contributed by atoms with Crippen molar-refractivity contribution in [2.24, 2.45) is 0 Å². The van der Waals surface area contributed by atoms with E-state index in [0.29, 0.717) is 6.42 Å². The van der Waals surface area contributed by atoms with Gasteiger partial charge in [-0.1, -0.05) is 96.8 Å². The molecule has 1 N–H and O–H groups in total. The molecule has 1 radical (unpaired) electrons. The Balaban J connectivity index is 3.06.